The summed E-state index contributed by atoms with van der Waals surface area (Å²) in [4.78, 5) is 16.3. The summed E-state index contributed by atoms with van der Waals surface area (Å²) in [5.74, 6) is 1.46. The number of nitrogens with zero attached hydrogens (tertiary/aromatic N) is 2. The molecule has 24 heavy (non-hydrogen) atoms. The van der Waals surface area contributed by atoms with Crippen molar-refractivity contribution >= 4 is 11.6 Å². The fraction of sp³-hybridized carbons (Fsp3) is 0.316. The van der Waals surface area contributed by atoms with Crippen molar-refractivity contribution in [3.8, 4) is 11.5 Å². The number of para-hydroxylation sites is 2. The van der Waals surface area contributed by atoms with Crippen molar-refractivity contribution in [2.45, 2.75) is 6.10 Å². The number of ether oxygens (including phenoxy) is 2. The number of benzene rings is 2. The fourth-order valence-corrected chi connectivity index (χ4v) is 2.67. The lowest BCUT2D eigenvalue weighted by Gasteiger charge is -2.39. The Bertz CT molecular complexity index is 724. The summed E-state index contributed by atoms with van der Waals surface area (Å²) in [7, 11) is 5.55. The highest BCUT2D eigenvalue weighted by Gasteiger charge is 2.33. The predicted molar refractivity (Wildman–Crippen MR) is 94.1 cm³/mol. The molecular formula is C19H22N2O3. The molecule has 0 saturated carbocycles. The second-order valence-electron chi connectivity index (χ2n) is 6.05. The van der Waals surface area contributed by atoms with E-state index < -0.39 is 0 Å². The van der Waals surface area contributed by atoms with Crippen molar-refractivity contribution in [3.63, 3.8) is 0 Å². The van der Waals surface area contributed by atoms with E-state index in [0.29, 0.717) is 30.2 Å². The number of hydrogen-bond acceptors (Lipinski definition) is 4. The van der Waals surface area contributed by atoms with Crippen LogP contribution in [0.4, 0.5) is 5.69 Å². The van der Waals surface area contributed by atoms with E-state index in [9.17, 15) is 4.79 Å². The number of methoxy groups -OCH3 is 1. The van der Waals surface area contributed by atoms with E-state index in [-0.39, 0.29) is 12.0 Å². The Labute approximate surface area is 142 Å². The van der Waals surface area contributed by atoms with Crippen LogP contribution in [0.2, 0.25) is 0 Å². The molecule has 0 N–H and O–H groups in total. The van der Waals surface area contributed by atoms with Gasteiger partial charge >= 0.3 is 0 Å². The van der Waals surface area contributed by atoms with Gasteiger partial charge in [-0.2, -0.15) is 0 Å². The first-order chi connectivity index (χ1) is 11.6. The molecule has 5 nitrogen and oxygen atoms in total. The van der Waals surface area contributed by atoms with Crippen molar-refractivity contribution in [1.29, 1.82) is 0 Å². The number of anilines is 1. The third-order valence-electron chi connectivity index (χ3n) is 4.11. The number of hydrogen-bond donors (Lipinski definition) is 0. The Hall–Kier alpha value is -2.69. The third kappa shape index (κ3) is 3.30. The molecule has 0 atom stereocenters. The molecule has 0 bridgehead atoms. The fourth-order valence-electron chi connectivity index (χ4n) is 2.67. The second-order valence-corrected chi connectivity index (χ2v) is 6.05. The zero-order chi connectivity index (χ0) is 17.1. The van der Waals surface area contributed by atoms with E-state index in [1.807, 2.05) is 67.5 Å². The van der Waals surface area contributed by atoms with Gasteiger partial charge in [0.1, 0.15) is 6.10 Å². The van der Waals surface area contributed by atoms with Gasteiger partial charge in [0, 0.05) is 25.3 Å². The van der Waals surface area contributed by atoms with Crippen LogP contribution in [-0.2, 0) is 0 Å². The second kappa shape index (κ2) is 6.83. The van der Waals surface area contributed by atoms with Crippen LogP contribution < -0.4 is 14.4 Å². The van der Waals surface area contributed by atoms with Gasteiger partial charge in [-0.25, -0.2) is 0 Å². The van der Waals surface area contributed by atoms with Gasteiger partial charge in [0.15, 0.2) is 11.5 Å². The summed E-state index contributed by atoms with van der Waals surface area (Å²) >= 11 is 0. The molecule has 2 aromatic carbocycles. The first kappa shape index (κ1) is 16.2. The highest BCUT2D eigenvalue weighted by atomic mass is 16.5. The van der Waals surface area contributed by atoms with Gasteiger partial charge in [-0.1, -0.05) is 18.2 Å². The standard InChI is InChI=1S/C19H22N2O3/c1-20(2)15-8-6-7-14(11-15)19(22)21-12-16(13-21)24-18-10-5-4-9-17(18)23-3/h4-11,16H,12-13H2,1-3H3. The molecule has 1 saturated heterocycles. The minimum atomic E-state index is 0.00211. The van der Waals surface area contributed by atoms with Crippen LogP contribution in [0.25, 0.3) is 0 Å². The Morgan fingerprint density at radius 2 is 1.79 bits per heavy atom. The summed E-state index contributed by atoms with van der Waals surface area (Å²) in [5, 5.41) is 0. The molecule has 5 heteroatoms. The van der Waals surface area contributed by atoms with Crippen molar-refractivity contribution in [1.82, 2.24) is 4.90 Å². The van der Waals surface area contributed by atoms with Crippen LogP contribution in [0.1, 0.15) is 10.4 Å². The average molecular weight is 326 g/mol. The molecule has 1 aliphatic heterocycles. The van der Waals surface area contributed by atoms with E-state index in [4.69, 9.17) is 9.47 Å². The molecular weight excluding hydrogens is 304 g/mol. The normalized spacial score (nSPS) is 14.0. The van der Waals surface area contributed by atoms with Gasteiger partial charge in [-0.3, -0.25) is 4.79 Å². The van der Waals surface area contributed by atoms with Crippen LogP contribution in [0.15, 0.2) is 48.5 Å². The number of likely N-dealkylation sites (tertiary alicyclic amines) is 1. The molecule has 3 rings (SSSR count). The minimum Gasteiger partial charge on any atom is -0.493 e. The molecule has 1 heterocycles. The summed E-state index contributed by atoms with van der Waals surface area (Å²) in [5.41, 5.74) is 1.72. The van der Waals surface area contributed by atoms with Gasteiger partial charge < -0.3 is 19.3 Å². The van der Waals surface area contributed by atoms with Crippen molar-refractivity contribution < 1.29 is 14.3 Å². The maximum Gasteiger partial charge on any atom is 0.254 e. The van der Waals surface area contributed by atoms with Crippen molar-refractivity contribution in [2.24, 2.45) is 0 Å². The predicted octanol–water partition coefficient (Wildman–Crippen LogP) is 2.66. The zero-order valence-corrected chi connectivity index (χ0v) is 14.2. The molecule has 0 aliphatic carbocycles. The van der Waals surface area contributed by atoms with Crippen LogP contribution in [0.3, 0.4) is 0 Å². The molecule has 126 valence electrons. The van der Waals surface area contributed by atoms with Crippen LogP contribution in [-0.4, -0.2) is 51.2 Å². The van der Waals surface area contributed by atoms with Gasteiger partial charge in [-0.05, 0) is 30.3 Å². The van der Waals surface area contributed by atoms with E-state index in [1.54, 1.807) is 12.0 Å². The lowest BCUT2D eigenvalue weighted by molar-refractivity contribution is 0.0169. The molecule has 0 aromatic heterocycles. The Morgan fingerprint density at radius 3 is 2.46 bits per heavy atom. The number of rotatable bonds is 5. The highest BCUT2D eigenvalue weighted by Crippen LogP contribution is 2.29. The summed E-state index contributed by atoms with van der Waals surface area (Å²) < 4.78 is 11.2. The van der Waals surface area contributed by atoms with Gasteiger partial charge in [-0.15, -0.1) is 0 Å². The molecule has 1 fully saturated rings. The first-order valence-electron chi connectivity index (χ1n) is 7.95. The van der Waals surface area contributed by atoms with E-state index in [1.165, 1.54) is 0 Å². The first-order valence-corrected chi connectivity index (χ1v) is 7.95. The van der Waals surface area contributed by atoms with Gasteiger partial charge in [0.05, 0.1) is 20.2 Å². The number of amides is 1. The molecule has 0 radical (unpaired) electrons. The van der Waals surface area contributed by atoms with Crippen molar-refractivity contribution in [2.75, 3.05) is 39.2 Å². The smallest absolute Gasteiger partial charge is 0.254 e. The maximum absolute atomic E-state index is 12.6. The van der Waals surface area contributed by atoms with Crippen LogP contribution in [0.5, 0.6) is 11.5 Å². The van der Waals surface area contributed by atoms with Crippen LogP contribution in [0, 0.1) is 0 Å². The monoisotopic (exact) mass is 326 g/mol. The largest absolute Gasteiger partial charge is 0.493 e. The SMILES string of the molecule is COc1ccccc1OC1CN(C(=O)c2cccc(N(C)C)c2)C1. The van der Waals surface area contributed by atoms with E-state index >= 15 is 0 Å². The lowest BCUT2D eigenvalue weighted by Crippen LogP contribution is -2.56. The Morgan fingerprint density at radius 1 is 1.08 bits per heavy atom. The number of carbonyl (C=O) groups is 1. The van der Waals surface area contributed by atoms with Crippen molar-refractivity contribution in [3.05, 3.63) is 54.1 Å². The van der Waals surface area contributed by atoms with E-state index in [2.05, 4.69) is 0 Å². The minimum absolute atomic E-state index is 0.00211. The Kier molecular flexibility index (Phi) is 4.60. The van der Waals surface area contributed by atoms with Gasteiger partial charge in [0.2, 0.25) is 0 Å². The number of carbonyl (C=O) groups excluding carboxylic acids is 1. The zero-order valence-electron chi connectivity index (χ0n) is 14.2. The van der Waals surface area contributed by atoms with E-state index in [0.717, 1.165) is 5.69 Å². The summed E-state index contributed by atoms with van der Waals surface area (Å²) in [6, 6.07) is 15.2. The lowest BCUT2D eigenvalue weighted by atomic mass is 10.1. The molecule has 1 aliphatic rings. The molecule has 1 amide bonds. The molecule has 0 spiro atoms. The summed E-state index contributed by atoms with van der Waals surface area (Å²) in [6.07, 6.45) is 0.00211. The molecule has 2 aromatic rings. The topological polar surface area (TPSA) is 42.0 Å². The Balaban J connectivity index is 1.60. The summed E-state index contributed by atoms with van der Waals surface area (Å²) in [6.45, 7) is 1.17. The highest BCUT2D eigenvalue weighted by molar-refractivity contribution is 5.95. The average Bonchev–Trinajstić information content (AvgIpc) is 2.57. The van der Waals surface area contributed by atoms with Crippen LogP contribution >= 0.6 is 0 Å². The third-order valence-corrected chi connectivity index (χ3v) is 4.11. The van der Waals surface area contributed by atoms with Gasteiger partial charge in [0.25, 0.3) is 5.91 Å². The molecule has 0 unspecified atom stereocenters. The maximum atomic E-state index is 12.6. The quantitative estimate of drug-likeness (QED) is 0.847.